The van der Waals surface area contributed by atoms with Crippen molar-refractivity contribution in [3.63, 3.8) is 0 Å². The molecule has 21 heavy (non-hydrogen) atoms. The van der Waals surface area contributed by atoms with Gasteiger partial charge in [-0.25, -0.2) is 0 Å². The lowest BCUT2D eigenvalue weighted by Crippen LogP contribution is -2.36. The van der Waals surface area contributed by atoms with Gasteiger partial charge in [0, 0.05) is 0 Å². The summed E-state index contributed by atoms with van der Waals surface area (Å²) in [6.45, 7) is 3.24. The zero-order valence-electron chi connectivity index (χ0n) is 12.0. The van der Waals surface area contributed by atoms with E-state index < -0.39 is 23.8 Å². The summed E-state index contributed by atoms with van der Waals surface area (Å²) in [4.78, 5) is 35.3. The Hall–Kier alpha value is -2.37. The van der Waals surface area contributed by atoms with E-state index in [4.69, 9.17) is 14.2 Å². The van der Waals surface area contributed by atoms with E-state index >= 15 is 0 Å². The largest absolute Gasteiger partial charge is 0.465 e. The van der Waals surface area contributed by atoms with Gasteiger partial charge < -0.3 is 14.2 Å². The third-order valence-electron chi connectivity index (χ3n) is 2.50. The van der Waals surface area contributed by atoms with Gasteiger partial charge in [0.15, 0.2) is 0 Å². The summed E-state index contributed by atoms with van der Waals surface area (Å²) in [5.74, 6) is -4.60. The Labute approximate surface area is 123 Å². The van der Waals surface area contributed by atoms with Gasteiger partial charge in [0.2, 0.25) is 0 Å². The van der Waals surface area contributed by atoms with Crippen LogP contribution < -0.4 is 0 Å². The summed E-state index contributed by atoms with van der Waals surface area (Å²) in [7, 11) is 0. The molecule has 0 atom stereocenters. The molecule has 0 radical (unpaired) electrons. The molecule has 6 nitrogen and oxygen atoms in total. The monoisotopic (exact) mass is 294 g/mol. The van der Waals surface area contributed by atoms with Crippen LogP contribution in [0.5, 0.6) is 0 Å². The predicted octanol–water partition coefficient (Wildman–Crippen LogP) is 1.47. The molecule has 0 amide bonds. The molecule has 0 N–H and O–H groups in total. The number of carbonyl (C=O) groups is 3. The van der Waals surface area contributed by atoms with E-state index in [0.29, 0.717) is 0 Å². The molecule has 0 aliphatic carbocycles. The molecule has 0 unspecified atom stereocenters. The summed E-state index contributed by atoms with van der Waals surface area (Å²) >= 11 is 0. The maximum atomic E-state index is 11.9. The Kier molecular flexibility index (Phi) is 6.94. The van der Waals surface area contributed by atoms with Gasteiger partial charge in [0.25, 0.3) is 5.92 Å². The van der Waals surface area contributed by atoms with Crippen molar-refractivity contribution < 1.29 is 28.6 Å². The topological polar surface area (TPSA) is 78.9 Å². The Morgan fingerprint density at radius 2 is 1.33 bits per heavy atom. The van der Waals surface area contributed by atoms with Crippen LogP contribution in [0.1, 0.15) is 19.4 Å². The highest BCUT2D eigenvalue weighted by molar-refractivity contribution is 6.12. The number of hydrogen-bond donors (Lipinski definition) is 0. The molecule has 114 valence electrons. The van der Waals surface area contributed by atoms with Crippen LogP contribution in [0.3, 0.4) is 0 Å². The summed E-state index contributed by atoms with van der Waals surface area (Å²) in [5.41, 5.74) is 0.748. The zero-order valence-corrected chi connectivity index (χ0v) is 12.0. The van der Waals surface area contributed by atoms with Gasteiger partial charge in [0.1, 0.15) is 6.61 Å². The Morgan fingerprint density at radius 3 is 1.81 bits per heavy atom. The van der Waals surface area contributed by atoms with Crippen LogP contribution in [0.25, 0.3) is 0 Å². The third-order valence-corrected chi connectivity index (χ3v) is 2.50. The van der Waals surface area contributed by atoms with E-state index in [-0.39, 0.29) is 19.8 Å². The molecular formula is C15H18O6. The molecular weight excluding hydrogens is 276 g/mol. The molecule has 0 aliphatic rings. The summed E-state index contributed by atoms with van der Waals surface area (Å²) in [6.07, 6.45) is 0. The molecule has 0 bridgehead atoms. The first kappa shape index (κ1) is 16.7. The highest BCUT2D eigenvalue weighted by atomic mass is 16.6. The second-order valence-electron chi connectivity index (χ2n) is 4.03. The van der Waals surface area contributed by atoms with Crippen molar-refractivity contribution in [3.8, 4) is 0 Å². The molecule has 1 aromatic carbocycles. The molecule has 1 rings (SSSR count). The van der Waals surface area contributed by atoms with Crippen molar-refractivity contribution in [1.29, 1.82) is 0 Å². The fourth-order valence-electron chi connectivity index (χ4n) is 1.55. The average Bonchev–Trinajstić information content (AvgIpc) is 2.47. The first-order chi connectivity index (χ1) is 10.1. The lowest BCUT2D eigenvalue weighted by Gasteiger charge is -2.13. The van der Waals surface area contributed by atoms with Crippen molar-refractivity contribution in [3.05, 3.63) is 35.9 Å². The minimum Gasteiger partial charge on any atom is -0.465 e. The first-order valence-corrected chi connectivity index (χ1v) is 6.64. The van der Waals surface area contributed by atoms with Crippen molar-refractivity contribution in [1.82, 2.24) is 0 Å². The van der Waals surface area contributed by atoms with Gasteiger partial charge in [0.05, 0.1) is 13.2 Å². The van der Waals surface area contributed by atoms with Crippen LogP contribution in [-0.2, 0) is 35.2 Å². The highest BCUT2D eigenvalue weighted by Gasteiger charge is 2.38. The summed E-state index contributed by atoms with van der Waals surface area (Å²) in [5, 5.41) is 0. The zero-order chi connectivity index (χ0) is 15.7. The molecule has 6 heteroatoms. The number of ether oxygens (including phenoxy) is 3. The van der Waals surface area contributed by atoms with E-state index in [1.54, 1.807) is 38.1 Å². The summed E-state index contributed by atoms with van der Waals surface area (Å²) in [6, 6.07) is 8.92. The van der Waals surface area contributed by atoms with Gasteiger partial charge in [-0.1, -0.05) is 30.3 Å². The van der Waals surface area contributed by atoms with E-state index in [2.05, 4.69) is 0 Å². The third kappa shape index (κ3) is 5.25. The minimum absolute atomic E-state index is 0.0328. The normalized spacial score (nSPS) is 10.0. The smallest absolute Gasteiger partial charge is 0.332 e. The molecule has 0 saturated carbocycles. The van der Waals surface area contributed by atoms with Crippen LogP contribution in [0.2, 0.25) is 0 Å². The van der Waals surface area contributed by atoms with E-state index in [0.717, 1.165) is 5.56 Å². The molecule has 0 aliphatic heterocycles. The second kappa shape index (κ2) is 8.73. The standard InChI is InChI=1S/C15H18O6/c1-3-19-13(16)12(14(17)20-4-2)15(18)21-10-11-8-6-5-7-9-11/h5-9,12H,3-4,10H2,1-2H3. The summed E-state index contributed by atoms with van der Waals surface area (Å²) < 4.78 is 14.4. The van der Waals surface area contributed by atoms with Crippen LogP contribution in [-0.4, -0.2) is 31.1 Å². The number of rotatable bonds is 7. The lowest BCUT2D eigenvalue weighted by molar-refractivity contribution is -0.172. The molecule has 0 aromatic heterocycles. The predicted molar refractivity (Wildman–Crippen MR) is 73.0 cm³/mol. The lowest BCUT2D eigenvalue weighted by atomic mass is 10.1. The van der Waals surface area contributed by atoms with Gasteiger partial charge in [-0.15, -0.1) is 0 Å². The average molecular weight is 294 g/mol. The number of carbonyl (C=O) groups excluding carboxylic acids is 3. The van der Waals surface area contributed by atoms with Gasteiger partial charge in [-0.05, 0) is 19.4 Å². The minimum atomic E-state index is -1.70. The molecule has 0 spiro atoms. The van der Waals surface area contributed by atoms with E-state index in [1.807, 2.05) is 6.07 Å². The van der Waals surface area contributed by atoms with Gasteiger partial charge >= 0.3 is 17.9 Å². The van der Waals surface area contributed by atoms with Crippen molar-refractivity contribution in [2.75, 3.05) is 13.2 Å². The molecule has 0 heterocycles. The van der Waals surface area contributed by atoms with Crippen LogP contribution in [0, 0.1) is 5.92 Å². The van der Waals surface area contributed by atoms with Crippen LogP contribution in [0.15, 0.2) is 30.3 Å². The highest BCUT2D eigenvalue weighted by Crippen LogP contribution is 2.09. The van der Waals surface area contributed by atoms with E-state index in [1.165, 1.54) is 0 Å². The number of hydrogen-bond acceptors (Lipinski definition) is 6. The van der Waals surface area contributed by atoms with Crippen molar-refractivity contribution in [2.45, 2.75) is 20.5 Å². The Bertz CT molecular complexity index is 464. The quantitative estimate of drug-likeness (QED) is 0.430. The fourth-order valence-corrected chi connectivity index (χ4v) is 1.55. The molecule has 1 aromatic rings. The maximum absolute atomic E-state index is 11.9. The fraction of sp³-hybridized carbons (Fsp3) is 0.400. The molecule has 0 saturated heterocycles. The molecule has 0 fully saturated rings. The number of esters is 3. The Morgan fingerprint density at radius 1 is 0.857 bits per heavy atom. The number of benzene rings is 1. The van der Waals surface area contributed by atoms with Crippen LogP contribution in [0.4, 0.5) is 0 Å². The Balaban J connectivity index is 2.70. The maximum Gasteiger partial charge on any atom is 0.332 e. The second-order valence-corrected chi connectivity index (χ2v) is 4.03. The SMILES string of the molecule is CCOC(=O)C(C(=O)OCC)C(=O)OCc1ccccc1. The van der Waals surface area contributed by atoms with Gasteiger partial charge in [-0.3, -0.25) is 14.4 Å². The van der Waals surface area contributed by atoms with Crippen molar-refractivity contribution >= 4 is 17.9 Å². The van der Waals surface area contributed by atoms with E-state index in [9.17, 15) is 14.4 Å². The first-order valence-electron chi connectivity index (χ1n) is 6.64. The van der Waals surface area contributed by atoms with Crippen LogP contribution >= 0.6 is 0 Å². The van der Waals surface area contributed by atoms with Crippen molar-refractivity contribution in [2.24, 2.45) is 5.92 Å². The van der Waals surface area contributed by atoms with Gasteiger partial charge in [-0.2, -0.15) is 0 Å².